The lowest BCUT2D eigenvalue weighted by Gasteiger charge is -2.38. The summed E-state index contributed by atoms with van der Waals surface area (Å²) in [5, 5.41) is 21.8. The first-order valence-electron chi connectivity index (χ1n) is 17.3. The van der Waals surface area contributed by atoms with E-state index in [0.29, 0.717) is 16.5 Å². The lowest BCUT2D eigenvalue weighted by molar-refractivity contribution is -0.189. The highest BCUT2D eigenvalue weighted by Gasteiger charge is 2.41. The van der Waals surface area contributed by atoms with E-state index in [1.165, 1.54) is 122 Å². The third-order valence-electron chi connectivity index (χ3n) is 8.22. The highest BCUT2D eigenvalue weighted by Crippen LogP contribution is 2.22. The topological polar surface area (TPSA) is 68.2 Å². The Labute approximate surface area is 263 Å². The standard InChI is InChI=1S/C34H64O5S2/c1-3-5-7-9-11-13-15-17-19-21-23-25-31(40)38-28-30-34(33(36)29(35)27-37-30)39-32(41)26-24-22-20-18-16-14-12-10-8-6-4-2/h29-30,33-36H,3-28H2,1-2H3/t29-,30+,33+,34+/m0/s1. The van der Waals surface area contributed by atoms with E-state index in [9.17, 15) is 10.2 Å². The Morgan fingerprint density at radius 3 is 1.44 bits per heavy atom. The quantitative estimate of drug-likeness (QED) is 0.0703. The van der Waals surface area contributed by atoms with E-state index in [1.807, 2.05) is 0 Å². The van der Waals surface area contributed by atoms with Gasteiger partial charge in [0.05, 0.1) is 6.61 Å². The minimum atomic E-state index is -1.06. The van der Waals surface area contributed by atoms with E-state index in [-0.39, 0.29) is 13.2 Å². The molecule has 0 saturated carbocycles. The summed E-state index contributed by atoms with van der Waals surface area (Å²) in [6.45, 7) is 4.77. The number of unbranched alkanes of at least 4 members (excludes halogenated alkanes) is 20. The molecular formula is C34H64O5S2. The van der Waals surface area contributed by atoms with Gasteiger partial charge in [0.25, 0.3) is 0 Å². The first kappa shape index (κ1) is 38.7. The summed E-state index contributed by atoms with van der Waals surface area (Å²) in [6, 6.07) is 0. The van der Waals surface area contributed by atoms with Gasteiger partial charge in [-0.25, -0.2) is 0 Å². The zero-order valence-corrected chi connectivity index (χ0v) is 28.3. The summed E-state index contributed by atoms with van der Waals surface area (Å²) < 4.78 is 17.6. The van der Waals surface area contributed by atoms with Gasteiger partial charge in [0, 0.05) is 12.8 Å². The maximum absolute atomic E-state index is 10.6. The third kappa shape index (κ3) is 21.1. The average molecular weight is 617 g/mol. The van der Waals surface area contributed by atoms with Gasteiger partial charge in [-0.3, -0.25) is 0 Å². The number of rotatable bonds is 27. The number of thiocarbonyl (C=S) groups is 2. The Morgan fingerprint density at radius 1 is 0.610 bits per heavy atom. The molecule has 0 aliphatic carbocycles. The van der Waals surface area contributed by atoms with Gasteiger partial charge in [0.1, 0.15) is 24.9 Å². The summed E-state index contributed by atoms with van der Waals surface area (Å²) in [6.07, 6.45) is 26.5. The van der Waals surface area contributed by atoms with Crippen molar-refractivity contribution in [2.24, 2.45) is 0 Å². The summed E-state index contributed by atoms with van der Waals surface area (Å²) in [4.78, 5) is 0. The van der Waals surface area contributed by atoms with Crippen LogP contribution in [-0.2, 0) is 14.2 Å². The Kier molecular flexibility index (Phi) is 25.7. The fraction of sp³-hybridized carbons (Fsp3) is 0.941. The molecule has 1 saturated heterocycles. The van der Waals surface area contributed by atoms with Crippen molar-refractivity contribution in [2.45, 2.75) is 192 Å². The van der Waals surface area contributed by atoms with Gasteiger partial charge in [-0.05, 0) is 37.3 Å². The molecule has 1 rings (SSSR count). The molecule has 242 valence electrons. The normalized spacial score (nSPS) is 20.7. The maximum Gasteiger partial charge on any atom is 0.160 e. The second-order valence-corrected chi connectivity index (χ2v) is 13.0. The number of aliphatic hydroxyl groups is 2. The molecule has 2 N–H and O–H groups in total. The molecule has 1 aliphatic heterocycles. The van der Waals surface area contributed by atoms with Gasteiger partial charge in [0.2, 0.25) is 0 Å². The smallest absolute Gasteiger partial charge is 0.160 e. The summed E-state index contributed by atoms with van der Waals surface area (Å²) in [7, 11) is 0. The van der Waals surface area contributed by atoms with E-state index in [1.54, 1.807) is 0 Å². The molecule has 0 bridgehead atoms. The Hall–Kier alpha value is -0.340. The van der Waals surface area contributed by atoms with Crippen molar-refractivity contribution in [3.63, 3.8) is 0 Å². The largest absolute Gasteiger partial charge is 0.484 e. The van der Waals surface area contributed by atoms with Crippen LogP contribution < -0.4 is 0 Å². The van der Waals surface area contributed by atoms with Crippen molar-refractivity contribution in [2.75, 3.05) is 13.2 Å². The Balaban J connectivity index is 2.16. The molecule has 5 nitrogen and oxygen atoms in total. The van der Waals surface area contributed by atoms with Crippen LogP contribution in [0.4, 0.5) is 0 Å². The van der Waals surface area contributed by atoms with Crippen LogP contribution in [-0.4, -0.2) is 57.9 Å². The lowest BCUT2D eigenvalue weighted by Crippen LogP contribution is -2.56. The summed E-state index contributed by atoms with van der Waals surface area (Å²) in [5.74, 6) is 0. The zero-order chi connectivity index (χ0) is 30.0. The number of aliphatic hydroxyl groups excluding tert-OH is 2. The van der Waals surface area contributed by atoms with Crippen LogP contribution >= 0.6 is 24.4 Å². The van der Waals surface area contributed by atoms with Gasteiger partial charge >= 0.3 is 0 Å². The van der Waals surface area contributed by atoms with E-state index in [4.69, 9.17) is 38.6 Å². The first-order chi connectivity index (χ1) is 20.0. The van der Waals surface area contributed by atoms with Crippen LogP contribution in [0.15, 0.2) is 0 Å². The molecule has 0 spiro atoms. The van der Waals surface area contributed by atoms with Gasteiger partial charge in [0.15, 0.2) is 16.2 Å². The Morgan fingerprint density at radius 2 is 1.00 bits per heavy atom. The molecule has 4 atom stereocenters. The van der Waals surface area contributed by atoms with Gasteiger partial charge in [-0.1, -0.05) is 142 Å². The second-order valence-electron chi connectivity index (χ2n) is 12.1. The molecule has 0 amide bonds. The molecule has 0 aromatic heterocycles. The van der Waals surface area contributed by atoms with Crippen molar-refractivity contribution < 1.29 is 24.4 Å². The predicted molar refractivity (Wildman–Crippen MR) is 180 cm³/mol. The van der Waals surface area contributed by atoms with Crippen molar-refractivity contribution >= 4 is 34.5 Å². The van der Waals surface area contributed by atoms with Crippen molar-refractivity contribution in [3.8, 4) is 0 Å². The van der Waals surface area contributed by atoms with Crippen LogP contribution in [0.1, 0.15) is 168 Å². The van der Waals surface area contributed by atoms with Crippen LogP contribution in [0.5, 0.6) is 0 Å². The van der Waals surface area contributed by atoms with E-state index < -0.39 is 24.4 Å². The molecule has 0 unspecified atom stereocenters. The average Bonchev–Trinajstić information content (AvgIpc) is 2.96. The van der Waals surface area contributed by atoms with Gasteiger partial charge < -0.3 is 24.4 Å². The third-order valence-corrected chi connectivity index (χ3v) is 8.85. The van der Waals surface area contributed by atoms with E-state index in [0.717, 1.165) is 25.7 Å². The summed E-state index contributed by atoms with van der Waals surface area (Å²) in [5.41, 5.74) is 0. The highest BCUT2D eigenvalue weighted by atomic mass is 32.1. The van der Waals surface area contributed by atoms with E-state index >= 15 is 0 Å². The zero-order valence-electron chi connectivity index (χ0n) is 26.6. The molecule has 1 fully saturated rings. The monoisotopic (exact) mass is 616 g/mol. The van der Waals surface area contributed by atoms with Crippen molar-refractivity contribution in [3.05, 3.63) is 0 Å². The lowest BCUT2D eigenvalue weighted by atomic mass is 10.00. The van der Waals surface area contributed by atoms with Crippen LogP contribution in [0.25, 0.3) is 0 Å². The highest BCUT2D eigenvalue weighted by molar-refractivity contribution is 7.80. The molecule has 41 heavy (non-hydrogen) atoms. The minimum absolute atomic E-state index is 0.0474. The molecule has 1 aliphatic rings. The predicted octanol–water partition coefficient (Wildman–Crippen LogP) is 9.57. The van der Waals surface area contributed by atoms with Crippen molar-refractivity contribution in [1.82, 2.24) is 0 Å². The molecule has 7 heteroatoms. The molecule has 1 heterocycles. The molecule has 0 radical (unpaired) electrons. The molecule has 0 aromatic carbocycles. The fourth-order valence-electron chi connectivity index (χ4n) is 5.47. The Bertz CT molecular complexity index is 632. The number of ether oxygens (including phenoxy) is 3. The fourth-order valence-corrected chi connectivity index (χ4v) is 5.94. The summed E-state index contributed by atoms with van der Waals surface area (Å²) >= 11 is 10.9. The van der Waals surface area contributed by atoms with E-state index in [2.05, 4.69) is 13.8 Å². The van der Waals surface area contributed by atoms with Crippen LogP contribution in [0, 0.1) is 0 Å². The molecular weight excluding hydrogens is 553 g/mol. The van der Waals surface area contributed by atoms with Gasteiger partial charge in [-0.15, -0.1) is 0 Å². The van der Waals surface area contributed by atoms with Crippen LogP contribution in [0.3, 0.4) is 0 Å². The van der Waals surface area contributed by atoms with Crippen molar-refractivity contribution in [1.29, 1.82) is 0 Å². The molecule has 0 aromatic rings. The SMILES string of the molecule is CCCCCCCCCCCCCC(=S)OC[C@H]1OC[C@H](O)[C@@H](O)[C@@H]1OC(=S)CCCCCCCCCCCCC. The van der Waals surface area contributed by atoms with Crippen LogP contribution in [0.2, 0.25) is 0 Å². The maximum atomic E-state index is 10.6. The second kappa shape index (κ2) is 27.2. The minimum Gasteiger partial charge on any atom is -0.484 e. The first-order valence-corrected chi connectivity index (χ1v) is 18.1. The number of hydrogen-bond acceptors (Lipinski definition) is 7. The number of hydrogen-bond donors (Lipinski definition) is 2. The van der Waals surface area contributed by atoms with Gasteiger partial charge in [-0.2, -0.15) is 0 Å².